The molecule has 138 valence electrons. The maximum Gasteiger partial charge on any atom is 0.310 e. The van der Waals surface area contributed by atoms with Gasteiger partial charge in [0.25, 0.3) is 5.91 Å². The number of halogens is 2. The number of hydrogen-bond donors (Lipinski definition) is 1. The molecule has 0 spiro atoms. The van der Waals surface area contributed by atoms with Gasteiger partial charge < -0.3 is 14.8 Å². The molecule has 0 unspecified atom stereocenters. The first-order valence-electron chi connectivity index (χ1n) is 8.00. The lowest BCUT2D eigenvalue weighted by atomic mass is 10.2. The summed E-state index contributed by atoms with van der Waals surface area (Å²) in [6.07, 6.45) is -1.28. The number of amides is 1. The summed E-state index contributed by atoms with van der Waals surface area (Å²) in [5.74, 6) is -2.69. The fraction of sp³-hybridized carbons (Fsp3) is 0.263. The van der Waals surface area contributed by atoms with Gasteiger partial charge in [0.2, 0.25) is 0 Å². The second-order valence-electron chi connectivity index (χ2n) is 5.63. The molecule has 1 amide bonds. The molecule has 0 aliphatic rings. The Morgan fingerprint density at radius 1 is 1.12 bits per heavy atom. The van der Waals surface area contributed by atoms with E-state index in [1.165, 1.54) is 13.0 Å². The number of aryl methyl sites for hydroxylation is 1. The number of benzene rings is 2. The summed E-state index contributed by atoms with van der Waals surface area (Å²) >= 11 is 0. The average molecular weight is 363 g/mol. The second-order valence-corrected chi connectivity index (χ2v) is 5.63. The molecule has 0 radical (unpaired) electrons. The van der Waals surface area contributed by atoms with Gasteiger partial charge in [-0.2, -0.15) is 0 Å². The molecule has 1 atom stereocenters. The number of para-hydroxylation sites is 1. The third-order valence-corrected chi connectivity index (χ3v) is 3.45. The summed E-state index contributed by atoms with van der Waals surface area (Å²) < 4.78 is 37.4. The molecule has 1 N–H and O–H groups in total. The van der Waals surface area contributed by atoms with E-state index >= 15 is 0 Å². The zero-order chi connectivity index (χ0) is 19.1. The number of ether oxygens (including phenoxy) is 2. The molecule has 0 aromatic heterocycles. The Bertz CT molecular complexity index is 775. The molecule has 0 fully saturated rings. The van der Waals surface area contributed by atoms with E-state index in [0.29, 0.717) is 5.75 Å². The Kier molecular flexibility index (Phi) is 6.66. The summed E-state index contributed by atoms with van der Waals surface area (Å²) in [6.45, 7) is 3.31. The van der Waals surface area contributed by atoms with Crippen LogP contribution in [0.4, 0.5) is 14.5 Å². The van der Waals surface area contributed by atoms with Crippen molar-refractivity contribution in [3.63, 3.8) is 0 Å². The Balaban J connectivity index is 1.80. The Labute approximate surface area is 149 Å². The molecule has 7 heteroatoms. The highest BCUT2D eigenvalue weighted by molar-refractivity contribution is 5.95. The van der Waals surface area contributed by atoms with Crippen LogP contribution < -0.4 is 10.1 Å². The predicted molar refractivity (Wildman–Crippen MR) is 91.8 cm³/mol. The molecule has 2 rings (SSSR count). The topological polar surface area (TPSA) is 64.6 Å². The van der Waals surface area contributed by atoms with Crippen LogP contribution in [-0.4, -0.2) is 24.6 Å². The molecule has 0 heterocycles. The first kappa shape index (κ1) is 19.4. The minimum atomic E-state index is -1.21. The van der Waals surface area contributed by atoms with E-state index in [2.05, 4.69) is 5.32 Å². The number of anilines is 1. The number of esters is 1. The van der Waals surface area contributed by atoms with Crippen LogP contribution in [0, 0.1) is 18.6 Å². The van der Waals surface area contributed by atoms with Crippen molar-refractivity contribution in [1.82, 2.24) is 0 Å². The lowest BCUT2D eigenvalue weighted by Gasteiger charge is -2.14. The quantitative estimate of drug-likeness (QED) is 0.763. The van der Waals surface area contributed by atoms with Crippen LogP contribution in [0.3, 0.4) is 0 Å². The van der Waals surface area contributed by atoms with Gasteiger partial charge in [0.05, 0.1) is 13.0 Å². The van der Waals surface area contributed by atoms with Gasteiger partial charge >= 0.3 is 5.97 Å². The number of nitrogens with one attached hydrogen (secondary N) is 1. The number of carbonyl (C=O) groups is 2. The van der Waals surface area contributed by atoms with Gasteiger partial charge in [-0.05, 0) is 43.7 Å². The minimum absolute atomic E-state index is 0.0698. The van der Waals surface area contributed by atoms with E-state index in [-0.39, 0.29) is 13.0 Å². The third kappa shape index (κ3) is 5.54. The molecule has 0 bridgehead atoms. The van der Waals surface area contributed by atoms with Crippen LogP contribution in [0.5, 0.6) is 5.75 Å². The molecule has 2 aromatic carbocycles. The van der Waals surface area contributed by atoms with Crippen molar-refractivity contribution in [2.45, 2.75) is 26.4 Å². The van der Waals surface area contributed by atoms with Crippen molar-refractivity contribution in [1.29, 1.82) is 0 Å². The molecule has 26 heavy (non-hydrogen) atoms. The van der Waals surface area contributed by atoms with Gasteiger partial charge in [-0.1, -0.05) is 18.2 Å². The predicted octanol–water partition coefficient (Wildman–Crippen LogP) is 3.61. The molecule has 5 nitrogen and oxygen atoms in total. The summed E-state index contributed by atoms with van der Waals surface area (Å²) in [6, 6.07) is 10.5. The van der Waals surface area contributed by atoms with E-state index in [1.54, 1.807) is 6.07 Å². The lowest BCUT2D eigenvalue weighted by molar-refractivity contribution is -0.153. The number of hydrogen-bond acceptors (Lipinski definition) is 4. The highest BCUT2D eigenvalue weighted by atomic mass is 19.1. The molecule has 0 saturated carbocycles. The zero-order valence-electron chi connectivity index (χ0n) is 14.4. The van der Waals surface area contributed by atoms with Crippen LogP contribution in [0.1, 0.15) is 18.9 Å². The van der Waals surface area contributed by atoms with Gasteiger partial charge in [0.15, 0.2) is 6.10 Å². The standard InChI is InChI=1S/C19H19F2NO4/c1-12-5-3-6-14(11-12)25-10-9-17(23)26-13(2)19(24)22-18-15(20)7-4-8-16(18)21/h3-8,11,13H,9-10H2,1-2H3,(H,22,24)/t13-/m0/s1. The Morgan fingerprint density at radius 3 is 2.42 bits per heavy atom. The van der Waals surface area contributed by atoms with E-state index in [0.717, 1.165) is 17.7 Å². The summed E-state index contributed by atoms with van der Waals surface area (Å²) in [5.41, 5.74) is 0.443. The Hall–Kier alpha value is -2.96. The summed E-state index contributed by atoms with van der Waals surface area (Å²) in [4.78, 5) is 23.7. The summed E-state index contributed by atoms with van der Waals surface area (Å²) in [5, 5.41) is 2.07. The average Bonchev–Trinajstić information content (AvgIpc) is 2.58. The van der Waals surface area contributed by atoms with Gasteiger partial charge in [0, 0.05) is 0 Å². The largest absolute Gasteiger partial charge is 0.493 e. The highest BCUT2D eigenvalue weighted by Gasteiger charge is 2.20. The maximum atomic E-state index is 13.5. The molecular formula is C19H19F2NO4. The van der Waals surface area contributed by atoms with Crippen molar-refractivity contribution in [3.05, 3.63) is 59.7 Å². The second kappa shape index (κ2) is 8.94. The fourth-order valence-corrected chi connectivity index (χ4v) is 2.11. The van der Waals surface area contributed by atoms with Crippen LogP contribution in [-0.2, 0) is 14.3 Å². The van der Waals surface area contributed by atoms with Crippen LogP contribution in [0.2, 0.25) is 0 Å². The van der Waals surface area contributed by atoms with E-state index in [9.17, 15) is 18.4 Å². The Morgan fingerprint density at radius 2 is 1.77 bits per heavy atom. The van der Waals surface area contributed by atoms with Gasteiger partial charge in [-0.25, -0.2) is 8.78 Å². The molecule has 0 saturated heterocycles. The van der Waals surface area contributed by atoms with E-state index in [1.807, 2.05) is 25.1 Å². The van der Waals surface area contributed by atoms with Gasteiger partial charge in [0.1, 0.15) is 23.1 Å². The molecule has 0 aliphatic heterocycles. The van der Waals surface area contributed by atoms with Crippen molar-refractivity contribution in [2.75, 3.05) is 11.9 Å². The third-order valence-electron chi connectivity index (χ3n) is 3.45. The van der Waals surface area contributed by atoms with Crippen LogP contribution >= 0.6 is 0 Å². The molecule has 0 aliphatic carbocycles. The summed E-state index contributed by atoms with van der Waals surface area (Å²) in [7, 11) is 0. The minimum Gasteiger partial charge on any atom is -0.493 e. The van der Waals surface area contributed by atoms with Crippen LogP contribution in [0.25, 0.3) is 0 Å². The van der Waals surface area contributed by atoms with E-state index < -0.39 is 35.3 Å². The van der Waals surface area contributed by atoms with Crippen molar-refractivity contribution < 1.29 is 27.8 Å². The van der Waals surface area contributed by atoms with Crippen molar-refractivity contribution in [3.8, 4) is 5.75 Å². The highest BCUT2D eigenvalue weighted by Crippen LogP contribution is 2.18. The maximum absolute atomic E-state index is 13.5. The zero-order valence-corrected chi connectivity index (χ0v) is 14.4. The monoisotopic (exact) mass is 363 g/mol. The first-order valence-corrected chi connectivity index (χ1v) is 8.00. The first-order chi connectivity index (χ1) is 12.4. The number of rotatable bonds is 7. The van der Waals surface area contributed by atoms with Gasteiger partial charge in [-0.15, -0.1) is 0 Å². The molecular weight excluding hydrogens is 344 g/mol. The van der Waals surface area contributed by atoms with Gasteiger partial charge in [-0.3, -0.25) is 9.59 Å². The van der Waals surface area contributed by atoms with Crippen LogP contribution in [0.15, 0.2) is 42.5 Å². The normalized spacial score (nSPS) is 11.5. The van der Waals surface area contributed by atoms with Crippen molar-refractivity contribution >= 4 is 17.6 Å². The SMILES string of the molecule is Cc1cccc(OCCC(=O)O[C@@H](C)C(=O)Nc2c(F)cccc2F)c1. The lowest BCUT2D eigenvalue weighted by Crippen LogP contribution is -2.31. The smallest absolute Gasteiger partial charge is 0.310 e. The molecule has 2 aromatic rings. The van der Waals surface area contributed by atoms with E-state index in [4.69, 9.17) is 9.47 Å². The van der Waals surface area contributed by atoms with Crippen molar-refractivity contribution in [2.24, 2.45) is 0 Å². The number of carbonyl (C=O) groups excluding carboxylic acids is 2. The fourth-order valence-electron chi connectivity index (χ4n) is 2.11.